The maximum absolute atomic E-state index is 12.9. The van der Waals surface area contributed by atoms with Crippen LogP contribution in [-0.2, 0) is 28.6 Å². The van der Waals surface area contributed by atoms with Gasteiger partial charge >= 0.3 is 17.9 Å². The largest absolute Gasteiger partial charge is 0.462 e. The van der Waals surface area contributed by atoms with Crippen LogP contribution in [0.1, 0.15) is 432 Å². The topological polar surface area (TPSA) is 78.9 Å². The first-order valence-corrected chi connectivity index (χ1v) is 37.8. The number of hydrogen-bond acceptors (Lipinski definition) is 6. The lowest BCUT2D eigenvalue weighted by Crippen LogP contribution is -2.30. The van der Waals surface area contributed by atoms with E-state index in [0.717, 1.165) is 64.2 Å². The fraction of sp³-hybridized carbons (Fsp3) is 0.909. The smallest absolute Gasteiger partial charge is 0.306 e. The summed E-state index contributed by atoms with van der Waals surface area (Å²) in [7, 11) is 0. The minimum Gasteiger partial charge on any atom is -0.462 e. The molecule has 0 fully saturated rings. The molecule has 6 nitrogen and oxygen atoms in total. The fourth-order valence-corrected chi connectivity index (χ4v) is 11.7. The maximum atomic E-state index is 12.9. The molecule has 490 valence electrons. The monoisotopic (exact) mass is 1170 g/mol. The molecule has 1 unspecified atom stereocenters. The highest BCUT2D eigenvalue weighted by Gasteiger charge is 2.20. The number of carbonyl (C=O) groups excluding carboxylic acids is 3. The summed E-state index contributed by atoms with van der Waals surface area (Å²) in [6, 6.07) is 0. The summed E-state index contributed by atoms with van der Waals surface area (Å²) in [5.41, 5.74) is 0. The maximum Gasteiger partial charge on any atom is 0.306 e. The molecule has 0 saturated carbocycles. The van der Waals surface area contributed by atoms with Gasteiger partial charge in [0.25, 0.3) is 0 Å². The third-order valence-electron chi connectivity index (χ3n) is 17.4. The average molecular weight is 1170 g/mol. The van der Waals surface area contributed by atoms with Crippen LogP contribution in [0, 0.1) is 0 Å². The number of ether oxygens (including phenoxy) is 3. The van der Waals surface area contributed by atoms with Gasteiger partial charge in [0.2, 0.25) is 0 Å². The van der Waals surface area contributed by atoms with Gasteiger partial charge in [0.1, 0.15) is 13.2 Å². The van der Waals surface area contributed by atoms with E-state index in [-0.39, 0.29) is 31.1 Å². The Morgan fingerprint density at radius 3 is 0.602 bits per heavy atom. The van der Waals surface area contributed by atoms with Crippen LogP contribution in [0.5, 0.6) is 0 Å². The van der Waals surface area contributed by atoms with E-state index in [9.17, 15) is 14.4 Å². The Kier molecular flexibility index (Phi) is 70.5. The Bertz CT molecular complexity index is 1340. The predicted molar refractivity (Wildman–Crippen MR) is 363 cm³/mol. The number of esters is 3. The van der Waals surface area contributed by atoms with Gasteiger partial charge in [-0.3, -0.25) is 14.4 Å². The molecular weight excluding hydrogens is 1020 g/mol. The molecule has 6 heteroatoms. The van der Waals surface area contributed by atoms with Gasteiger partial charge in [-0.1, -0.05) is 366 Å². The summed E-state index contributed by atoms with van der Waals surface area (Å²) >= 11 is 0. The number of allylic oxidation sites excluding steroid dienone is 4. The Balaban J connectivity index is 4.12. The Morgan fingerprint density at radius 2 is 0.398 bits per heavy atom. The van der Waals surface area contributed by atoms with Crippen LogP contribution in [-0.4, -0.2) is 37.2 Å². The predicted octanol–water partition coefficient (Wildman–Crippen LogP) is 26.1. The third-order valence-corrected chi connectivity index (χ3v) is 17.4. The molecule has 1 atom stereocenters. The molecule has 0 N–H and O–H groups in total. The molecular formula is C77H146O6. The summed E-state index contributed by atoms with van der Waals surface area (Å²) in [4.78, 5) is 38.5. The zero-order valence-corrected chi connectivity index (χ0v) is 56.5. The Labute approximate surface area is 519 Å². The highest BCUT2D eigenvalue weighted by molar-refractivity contribution is 5.71. The van der Waals surface area contributed by atoms with Crippen molar-refractivity contribution in [3.63, 3.8) is 0 Å². The number of hydrogen-bond donors (Lipinski definition) is 0. The molecule has 0 heterocycles. The van der Waals surface area contributed by atoms with E-state index in [1.807, 2.05) is 0 Å². The van der Waals surface area contributed by atoms with E-state index >= 15 is 0 Å². The summed E-state index contributed by atoms with van der Waals surface area (Å²) in [6.45, 7) is 6.71. The molecule has 0 rings (SSSR count). The van der Waals surface area contributed by atoms with Crippen molar-refractivity contribution in [2.45, 2.75) is 438 Å². The first kappa shape index (κ1) is 80.9. The Morgan fingerprint density at radius 1 is 0.229 bits per heavy atom. The van der Waals surface area contributed by atoms with E-state index in [2.05, 4.69) is 45.1 Å². The zero-order chi connectivity index (χ0) is 59.9. The molecule has 0 aromatic carbocycles. The molecule has 0 aliphatic rings. The van der Waals surface area contributed by atoms with Gasteiger partial charge < -0.3 is 14.2 Å². The van der Waals surface area contributed by atoms with Gasteiger partial charge in [0.05, 0.1) is 0 Å². The van der Waals surface area contributed by atoms with Crippen molar-refractivity contribution in [2.75, 3.05) is 13.2 Å². The van der Waals surface area contributed by atoms with Crippen molar-refractivity contribution in [1.82, 2.24) is 0 Å². The lowest BCUT2D eigenvalue weighted by Gasteiger charge is -2.18. The van der Waals surface area contributed by atoms with Gasteiger partial charge in [0, 0.05) is 19.3 Å². The summed E-state index contributed by atoms with van der Waals surface area (Å²) in [5.74, 6) is -0.841. The van der Waals surface area contributed by atoms with Crippen LogP contribution >= 0.6 is 0 Å². The number of rotatable bonds is 71. The van der Waals surface area contributed by atoms with Crippen LogP contribution in [0.15, 0.2) is 24.3 Å². The van der Waals surface area contributed by atoms with Crippen LogP contribution in [0.3, 0.4) is 0 Å². The van der Waals surface area contributed by atoms with E-state index in [1.54, 1.807) is 0 Å². The summed E-state index contributed by atoms with van der Waals surface area (Å²) in [6.07, 6.45) is 89.5. The van der Waals surface area contributed by atoms with Crippen molar-refractivity contribution in [3.05, 3.63) is 24.3 Å². The zero-order valence-electron chi connectivity index (χ0n) is 56.5. The fourth-order valence-electron chi connectivity index (χ4n) is 11.7. The first-order valence-electron chi connectivity index (χ1n) is 37.8. The van der Waals surface area contributed by atoms with E-state index in [4.69, 9.17) is 14.2 Å². The molecule has 0 bridgehead atoms. The lowest BCUT2D eigenvalue weighted by atomic mass is 10.0. The third kappa shape index (κ3) is 70.5. The van der Waals surface area contributed by atoms with Crippen molar-refractivity contribution >= 4 is 17.9 Å². The van der Waals surface area contributed by atoms with Crippen LogP contribution < -0.4 is 0 Å². The first-order chi connectivity index (χ1) is 41.0. The highest BCUT2D eigenvalue weighted by Crippen LogP contribution is 2.19. The van der Waals surface area contributed by atoms with Crippen LogP contribution in [0.25, 0.3) is 0 Å². The van der Waals surface area contributed by atoms with E-state index in [0.29, 0.717) is 19.3 Å². The second kappa shape index (κ2) is 72.4. The van der Waals surface area contributed by atoms with Crippen molar-refractivity contribution in [2.24, 2.45) is 0 Å². The normalized spacial score (nSPS) is 12.1. The Hall–Kier alpha value is -2.11. The molecule has 0 radical (unpaired) electrons. The van der Waals surface area contributed by atoms with Crippen molar-refractivity contribution < 1.29 is 28.6 Å². The van der Waals surface area contributed by atoms with Crippen LogP contribution in [0.4, 0.5) is 0 Å². The molecule has 0 aliphatic heterocycles. The van der Waals surface area contributed by atoms with Crippen LogP contribution in [0.2, 0.25) is 0 Å². The van der Waals surface area contributed by atoms with Gasteiger partial charge in [-0.2, -0.15) is 0 Å². The molecule has 83 heavy (non-hydrogen) atoms. The highest BCUT2D eigenvalue weighted by atomic mass is 16.6. The summed E-state index contributed by atoms with van der Waals surface area (Å²) in [5, 5.41) is 0. The molecule has 0 amide bonds. The van der Waals surface area contributed by atoms with Gasteiger partial charge in [0.15, 0.2) is 6.10 Å². The second-order valence-electron chi connectivity index (χ2n) is 25.9. The minimum atomic E-state index is -0.771. The quantitative estimate of drug-likeness (QED) is 0.0261. The number of carbonyl (C=O) groups is 3. The average Bonchev–Trinajstić information content (AvgIpc) is 3.49. The minimum absolute atomic E-state index is 0.0668. The molecule has 0 saturated heterocycles. The van der Waals surface area contributed by atoms with Gasteiger partial charge in [-0.25, -0.2) is 0 Å². The lowest BCUT2D eigenvalue weighted by molar-refractivity contribution is -0.167. The standard InChI is InChI=1S/C77H146O6/c1-4-7-10-13-16-19-22-25-28-30-31-32-33-34-35-36-37-38-39-40-41-42-43-44-45-47-49-52-55-58-61-64-67-70-76(79)82-73-74(72-81-75(78)69-66-63-60-57-54-51-48-27-24-21-18-15-12-9-6-3)83-77(80)71-68-65-62-59-56-53-50-46-29-26-23-20-17-14-11-8-5-2/h27,30-31,48,74H,4-26,28-29,32-47,49-73H2,1-3H3/b31-30-,48-27-. The molecule has 0 spiro atoms. The van der Waals surface area contributed by atoms with E-state index in [1.165, 1.54) is 327 Å². The van der Waals surface area contributed by atoms with E-state index < -0.39 is 6.10 Å². The van der Waals surface area contributed by atoms with Gasteiger partial charge in [-0.05, 0) is 70.6 Å². The molecule has 0 aliphatic carbocycles. The SMILES string of the molecule is CCCCCCCC/C=C\CCCCCCCC(=O)OCC(COC(=O)CCCCCCCCCCCCCCCCCCCCCCC/C=C\CCCCCCCCCC)OC(=O)CCCCCCCCCCCCCCCCCCC. The van der Waals surface area contributed by atoms with Crippen molar-refractivity contribution in [1.29, 1.82) is 0 Å². The van der Waals surface area contributed by atoms with Crippen molar-refractivity contribution in [3.8, 4) is 0 Å². The summed E-state index contributed by atoms with van der Waals surface area (Å²) < 4.78 is 17.0. The second-order valence-corrected chi connectivity index (χ2v) is 25.9. The number of unbranched alkanes of at least 4 members (excludes halogenated alkanes) is 56. The van der Waals surface area contributed by atoms with Gasteiger partial charge in [-0.15, -0.1) is 0 Å². The molecule has 0 aromatic heterocycles. The molecule has 0 aromatic rings.